The number of carbonyl (C=O) groups is 1. The normalized spacial score (nSPS) is 15.8. The predicted octanol–water partition coefficient (Wildman–Crippen LogP) is 1.37. The number of piperidine rings is 1. The number of anilines is 2. The SMILES string of the molecule is CNc1ccc(S(=O)(=O)N2CCC(C(=O)Nc3nnc(C)o3)CC2)cc1[N+](=O)[O-]. The summed E-state index contributed by atoms with van der Waals surface area (Å²) in [5, 5.41) is 23.7. The predicted molar refractivity (Wildman–Crippen MR) is 102 cm³/mol. The molecule has 13 heteroatoms. The maximum atomic E-state index is 12.9. The summed E-state index contributed by atoms with van der Waals surface area (Å²) in [5.74, 6) is -0.408. The van der Waals surface area contributed by atoms with Gasteiger partial charge in [-0.25, -0.2) is 8.42 Å². The van der Waals surface area contributed by atoms with E-state index in [1.165, 1.54) is 23.5 Å². The molecule has 1 aliphatic rings. The topological polar surface area (TPSA) is 161 Å². The summed E-state index contributed by atoms with van der Waals surface area (Å²) >= 11 is 0. The van der Waals surface area contributed by atoms with Crippen molar-refractivity contribution in [3.8, 4) is 0 Å². The standard InChI is InChI=1S/C16H20N6O6S/c1-10-19-20-16(28-10)18-15(23)11-5-7-21(8-6-11)29(26,27)12-3-4-13(17-2)14(9-12)22(24)25/h3-4,9,11,17H,5-8H2,1-2H3,(H,18,20,23). The highest BCUT2D eigenvalue weighted by Gasteiger charge is 2.33. The van der Waals surface area contributed by atoms with Gasteiger partial charge < -0.3 is 9.73 Å². The van der Waals surface area contributed by atoms with Crippen LogP contribution >= 0.6 is 0 Å². The van der Waals surface area contributed by atoms with Crippen molar-refractivity contribution in [2.75, 3.05) is 30.8 Å². The van der Waals surface area contributed by atoms with Crippen LogP contribution in [0.1, 0.15) is 18.7 Å². The van der Waals surface area contributed by atoms with E-state index in [-0.39, 0.29) is 41.3 Å². The third-order valence-electron chi connectivity index (χ3n) is 4.65. The molecular formula is C16H20N6O6S. The third-order valence-corrected chi connectivity index (χ3v) is 6.55. The van der Waals surface area contributed by atoms with E-state index < -0.39 is 20.9 Å². The monoisotopic (exact) mass is 424 g/mol. The van der Waals surface area contributed by atoms with Crippen LogP contribution in [0, 0.1) is 23.0 Å². The Morgan fingerprint density at radius 3 is 2.55 bits per heavy atom. The van der Waals surface area contributed by atoms with Gasteiger partial charge in [-0.2, -0.15) is 4.31 Å². The Kier molecular flexibility index (Phi) is 5.79. The average Bonchev–Trinajstić information content (AvgIpc) is 3.12. The quantitative estimate of drug-likeness (QED) is 0.515. The summed E-state index contributed by atoms with van der Waals surface area (Å²) in [6.07, 6.45) is 0.601. The summed E-state index contributed by atoms with van der Waals surface area (Å²) in [4.78, 5) is 22.7. The Balaban J connectivity index is 1.69. The van der Waals surface area contributed by atoms with Gasteiger partial charge >= 0.3 is 6.01 Å². The van der Waals surface area contributed by atoms with Gasteiger partial charge in [0.25, 0.3) is 5.69 Å². The van der Waals surface area contributed by atoms with Crippen molar-refractivity contribution >= 4 is 33.3 Å². The molecule has 1 amide bonds. The van der Waals surface area contributed by atoms with Gasteiger partial charge in [-0.3, -0.25) is 20.2 Å². The molecule has 12 nitrogen and oxygen atoms in total. The molecule has 1 saturated heterocycles. The van der Waals surface area contributed by atoms with E-state index in [1.54, 1.807) is 6.92 Å². The van der Waals surface area contributed by atoms with Crippen LogP contribution in [0.3, 0.4) is 0 Å². The van der Waals surface area contributed by atoms with Crippen molar-refractivity contribution in [2.24, 2.45) is 5.92 Å². The van der Waals surface area contributed by atoms with Gasteiger partial charge in [0.2, 0.25) is 21.8 Å². The van der Waals surface area contributed by atoms with Crippen LogP contribution in [0.15, 0.2) is 27.5 Å². The van der Waals surface area contributed by atoms with E-state index in [0.29, 0.717) is 18.7 Å². The molecule has 0 spiro atoms. The fraction of sp³-hybridized carbons (Fsp3) is 0.438. The van der Waals surface area contributed by atoms with E-state index >= 15 is 0 Å². The number of sulfonamides is 1. The maximum absolute atomic E-state index is 12.9. The summed E-state index contributed by atoms with van der Waals surface area (Å²) in [5.41, 5.74) is -0.0988. The maximum Gasteiger partial charge on any atom is 0.322 e. The molecule has 156 valence electrons. The van der Waals surface area contributed by atoms with Crippen molar-refractivity contribution in [3.05, 3.63) is 34.2 Å². The molecule has 0 atom stereocenters. The number of aromatic nitrogens is 2. The lowest BCUT2D eigenvalue weighted by molar-refractivity contribution is -0.384. The van der Waals surface area contributed by atoms with Gasteiger partial charge in [0, 0.05) is 39.0 Å². The molecule has 1 aromatic heterocycles. The zero-order valence-electron chi connectivity index (χ0n) is 15.8. The first-order chi connectivity index (χ1) is 13.7. The van der Waals surface area contributed by atoms with E-state index in [9.17, 15) is 23.3 Å². The van der Waals surface area contributed by atoms with Crippen LogP contribution in [0.2, 0.25) is 0 Å². The molecule has 0 unspecified atom stereocenters. The molecule has 2 N–H and O–H groups in total. The van der Waals surface area contributed by atoms with E-state index in [4.69, 9.17) is 4.42 Å². The first-order valence-electron chi connectivity index (χ1n) is 8.79. The number of amides is 1. The minimum atomic E-state index is -3.92. The number of rotatable bonds is 6. The van der Waals surface area contributed by atoms with Gasteiger partial charge in [0.15, 0.2) is 0 Å². The van der Waals surface area contributed by atoms with Gasteiger partial charge in [0.1, 0.15) is 5.69 Å². The second-order valence-electron chi connectivity index (χ2n) is 6.48. The molecule has 2 heterocycles. The van der Waals surface area contributed by atoms with Crippen LogP contribution in [0.25, 0.3) is 0 Å². The smallest absolute Gasteiger partial charge is 0.322 e. The van der Waals surface area contributed by atoms with Crippen LogP contribution in [0.4, 0.5) is 17.4 Å². The molecular weight excluding hydrogens is 404 g/mol. The van der Waals surface area contributed by atoms with Crippen LogP contribution in [-0.4, -0.2) is 53.9 Å². The van der Waals surface area contributed by atoms with Crippen molar-refractivity contribution in [1.82, 2.24) is 14.5 Å². The molecule has 0 radical (unpaired) electrons. The van der Waals surface area contributed by atoms with E-state index in [1.807, 2.05) is 0 Å². The fourth-order valence-corrected chi connectivity index (χ4v) is 4.59. The number of aryl methyl sites for hydroxylation is 1. The minimum absolute atomic E-state index is 0.000478. The lowest BCUT2D eigenvalue weighted by atomic mass is 9.97. The van der Waals surface area contributed by atoms with Crippen LogP contribution < -0.4 is 10.6 Å². The van der Waals surface area contributed by atoms with E-state index in [2.05, 4.69) is 20.8 Å². The molecule has 29 heavy (non-hydrogen) atoms. The van der Waals surface area contributed by atoms with Crippen molar-refractivity contribution < 1.29 is 22.6 Å². The number of nitro benzene ring substituents is 1. The first-order valence-corrected chi connectivity index (χ1v) is 10.2. The Hall–Kier alpha value is -3.06. The summed E-state index contributed by atoms with van der Waals surface area (Å²) in [6.45, 7) is 1.83. The molecule has 1 aliphatic heterocycles. The largest absolute Gasteiger partial charge is 0.408 e. The zero-order valence-corrected chi connectivity index (χ0v) is 16.6. The number of carbonyl (C=O) groups excluding carboxylic acids is 1. The third kappa shape index (κ3) is 4.35. The van der Waals surface area contributed by atoms with Gasteiger partial charge in [0.05, 0.1) is 9.82 Å². The second kappa shape index (κ2) is 8.13. The molecule has 0 aliphatic carbocycles. The minimum Gasteiger partial charge on any atom is -0.408 e. The van der Waals surface area contributed by atoms with Gasteiger partial charge in [-0.05, 0) is 25.0 Å². The van der Waals surface area contributed by atoms with Crippen molar-refractivity contribution in [1.29, 1.82) is 0 Å². The molecule has 1 fully saturated rings. The Bertz CT molecular complexity index is 1030. The Labute approximate surface area is 166 Å². The molecule has 1 aromatic carbocycles. The molecule has 3 rings (SSSR count). The van der Waals surface area contributed by atoms with E-state index in [0.717, 1.165) is 6.07 Å². The summed E-state index contributed by atoms with van der Waals surface area (Å²) in [7, 11) is -2.40. The fourth-order valence-electron chi connectivity index (χ4n) is 3.10. The Morgan fingerprint density at radius 1 is 1.31 bits per heavy atom. The highest BCUT2D eigenvalue weighted by molar-refractivity contribution is 7.89. The highest BCUT2D eigenvalue weighted by atomic mass is 32.2. The van der Waals surface area contributed by atoms with Crippen molar-refractivity contribution in [3.63, 3.8) is 0 Å². The Morgan fingerprint density at radius 2 is 2.00 bits per heavy atom. The van der Waals surface area contributed by atoms with Crippen LogP contribution in [0.5, 0.6) is 0 Å². The highest BCUT2D eigenvalue weighted by Crippen LogP contribution is 2.30. The number of hydrogen-bond acceptors (Lipinski definition) is 9. The number of benzene rings is 1. The molecule has 0 bridgehead atoms. The lowest BCUT2D eigenvalue weighted by Gasteiger charge is -2.30. The summed E-state index contributed by atoms with van der Waals surface area (Å²) in [6, 6.07) is 3.72. The number of nitrogens with zero attached hydrogens (tertiary/aromatic N) is 4. The second-order valence-corrected chi connectivity index (χ2v) is 8.42. The van der Waals surface area contributed by atoms with Crippen molar-refractivity contribution in [2.45, 2.75) is 24.7 Å². The number of hydrogen-bond donors (Lipinski definition) is 2. The lowest BCUT2D eigenvalue weighted by Crippen LogP contribution is -2.41. The van der Waals surface area contributed by atoms with Gasteiger partial charge in [-0.1, -0.05) is 5.10 Å². The van der Waals surface area contributed by atoms with Gasteiger partial charge in [-0.15, -0.1) is 5.10 Å². The number of nitro groups is 1. The molecule has 0 saturated carbocycles. The molecule has 2 aromatic rings. The zero-order chi connectivity index (χ0) is 21.2. The number of nitrogens with one attached hydrogen (secondary N) is 2. The van der Waals surface area contributed by atoms with Crippen LogP contribution in [-0.2, 0) is 14.8 Å². The first kappa shape index (κ1) is 20.7. The summed E-state index contributed by atoms with van der Waals surface area (Å²) < 4.78 is 32.1. The average molecular weight is 424 g/mol.